The van der Waals surface area contributed by atoms with Gasteiger partial charge >= 0.3 is 5.97 Å². The third-order valence-electron chi connectivity index (χ3n) is 4.44. The molecule has 2 rings (SSSR count). The number of morpholine rings is 1. The predicted octanol–water partition coefficient (Wildman–Crippen LogP) is 2.13. The molecule has 0 radical (unpaired) electrons. The number of nitrogens with one attached hydrogen (secondary N) is 1. The number of benzene rings is 1. The number of carbonyl (C=O) groups is 2. The van der Waals surface area contributed by atoms with E-state index in [1.807, 2.05) is 0 Å². The van der Waals surface area contributed by atoms with Crippen molar-refractivity contribution in [3.63, 3.8) is 0 Å². The maximum atomic E-state index is 12.5. The first kappa shape index (κ1) is 25.3. The van der Waals surface area contributed by atoms with Crippen molar-refractivity contribution in [1.29, 1.82) is 0 Å². The number of anilines is 1. The van der Waals surface area contributed by atoms with Gasteiger partial charge in [-0.15, -0.1) is 12.4 Å². The van der Waals surface area contributed by atoms with Crippen LogP contribution in [0.3, 0.4) is 0 Å². The number of nitrogen functional groups attached to an aromatic ring is 1. The highest BCUT2D eigenvalue weighted by Crippen LogP contribution is 2.28. The van der Waals surface area contributed by atoms with Gasteiger partial charge in [0.2, 0.25) is 0 Å². The van der Waals surface area contributed by atoms with Gasteiger partial charge in [-0.2, -0.15) is 0 Å². The Morgan fingerprint density at radius 2 is 2.17 bits per heavy atom. The van der Waals surface area contributed by atoms with Crippen LogP contribution in [0.1, 0.15) is 30.1 Å². The Bertz CT molecular complexity index is 690. The summed E-state index contributed by atoms with van der Waals surface area (Å²) in [6, 6.07) is 3.02. The first-order valence-electron chi connectivity index (χ1n) is 9.35. The van der Waals surface area contributed by atoms with E-state index in [-0.39, 0.29) is 30.4 Å². The molecule has 0 saturated carbocycles. The van der Waals surface area contributed by atoms with Crippen molar-refractivity contribution in [3.05, 3.63) is 22.7 Å². The van der Waals surface area contributed by atoms with Crippen molar-refractivity contribution in [2.45, 2.75) is 25.9 Å². The second kappa shape index (κ2) is 12.7. The van der Waals surface area contributed by atoms with Crippen LogP contribution in [0.25, 0.3) is 0 Å². The number of esters is 1. The summed E-state index contributed by atoms with van der Waals surface area (Å²) in [5.74, 6) is -0.109. The summed E-state index contributed by atoms with van der Waals surface area (Å²) in [5, 5.41) is 3.16. The summed E-state index contributed by atoms with van der Waals surface area (Å²) >= 11 is 6.02. The number of nitrogens with zero attached hydrogens (tertiary/aromatic N) is 1. The lowest BCUT2D eigenvalue weighted by atomic mass is 10.1. The third-order valence-corrected chi connectivity index (χ3v) is 4.76. The smallest absolute Gasteiger partial charge is 0.305 e. The van der Waals surface area contributed by atoms with E-state index in [0.717, 1.165) is 19.5 Å². The molecule has 10 heteroatoms. The van der Waals surface area contributed by atoms with E-state index in [1.54, 1.807) is 6.92 Å². The summed E-state index contributed by atoms with van der Waals surface area (Å²) in [4.78, 5) is 26.2. The number of methoxy groups -OCH3 is 1. The Kier molecular flexibility index (Phi) is 11.1. The maximum Gasteiger partial charge on any atom is 0.305 e. The molecular weight excluding hydrogens is 421 g/mol. The molecule has 1 aromatic rings. The van der Waals surface area contributed by atoms with Gasteiger partial charge in [-0.05, 0) is 26.0 Å². The average Bonchev–Trinajstić information content (AvgIpc) is 2.68. The Balaban J connectivity index is 0.00000420. The zero-order valence-electron chi connectivity index (χ0n) is 16.7. The van der Waals surface area contributed by atoms with Crippen molar-refractivity contribution < 1.29 is 23.8 Å². The highest BCUT2D eigenvalue weighted by molar-refractivity contribution is 6.33. The molecule has 1 amide bonds. The lowest BCUT2D eigenvalue weighted by Gasteiger charge is -2.33. The molecule has 0 bridgehead atoms. The molecule has 164 valence electrons. The molecule has 1 atom stereocenters. The largest absolute Gasteiger partial charge is 0.496 e. The fourth-order valence-corrected chi connectivity index (χ4v) is 3.17. The van der Waals surface area contributed by atoms with Gasteiger partial charge in [-0.3, -0.25) is 14.5 Å². The Hall–Kier alpha value is -1.74. The number of halogens is 2. The normalized spacial score (nSPS) is 16.6. The second-order valence-corrected chi connectivity index (χ2v) is 6.89. The number of rotatable bonds is 9. The van der Waals surface area contributed by atoms with Gasteiger partial charge in [0.1, 0.15) is 5.75 Å². The molecular formula is C19H29Cl2N3O5. The Morgan fingerprint density at radius 1 is 1.41 bits per heavy atom. The molecule has 1 saturated heterocycles. The first-order chi connectivity index (χ1) is 13.4. The minimum atomic E-state index is -0.304. The summed E-state index contributed by atoms with van der Waals surface area (Å²) in [6.45, 7) is 5.41. The van der Waals surface area contributed by atoms with E-state index in [4.69, 9.17) is 31.5 Å². The summed E-state index contributed by atoms with van der Waals surface area (Å²) in [6.07, 6.45) is 1.01. The highest BCUT2D eigenvalue weighted by Gasteiger charge is 2.22. The van der Waals surface area contributed by atoms with Crippen LogP contribution in [0.15, 0.2) is 12.1 Å². The molecule has 1 fully saturated rings. The fraction of sp³-hybridized carbons (Fsp3) is 0.579. The highest BCUT2D eigenvalue weighted by atomic mass is 35.5. The van der Waals surface area contributed by atoms with Gasteiger partial charge in [-0.1, -0.05) is 11.6 Å². The van der Waals surface area contributed by atoms with Crippen molar-refractivity contribution in [3.8, 4) is 5.75 Å². The number of hydrogen-bond donors (Lipinski definition) is 2. The Labute approximate surface area is 182 Å². The second-order valence-electron chi connectivity index (χ2n) is 6.49. The lowest BCUT2D eigenvalue weighted by Crippen LogP contribution is -2.47. The zero-order valence-corrected chi connectivity index (χ0v) is 18.3. The van der Waals surface area contributed by atoms with Gasteiger partial charge in [0, 0.05) is 32.1 Å². The van der Waals surface area contributed by atoms with Gasteiger partial charge in [-0.25, -0.2) is 0 Å². The predicted molar refractivity (Wildman–Crippen MR) is 114 cm³/mol. The van der Waals surface area contributed by atoms with Crippen LogP contribution in [0.5, 0.6) is 5.75 Å². The number of amides is 1. The summed E-state index contributed by atoms with van der Waals surface area (Å²) < 4.78 is 15.9. The van der Waals surface area contributed by atoms with Crippen LogP contribution in [-0.2, 0) is 14.3 Å². The quantitative estimate of drug-likeness (QED) is 0.439. The van der Waals surface area contributed by atoms with Crippen LogP contribution < -0.4 is 15.8 Å². The molecule has 8 nitrogen and oxygen atoms in total. The Morgan fingerprint density at radius 3 is 2.86 bits per heavy atom. The van der Waals surface area contributed by atoms with E-state index in [0.29, 0.717) is 54.7 Å². The van der Waals surface area contributed by atoms with Crippen molar-refractivity contribution in [2.75, 3.05) is 52.2 Å². The van der Waals surface area contributed by atoms with E-state index < -0.39 is 0 Å². The van der Waals surface area contributed by atoms with Gasteiger partial charge in [0.05, 0.1) is 42.7 Å². The van der Waals surface area contributed by atoms with Gasteiger partial charge < -0.3 is 25.3 Å². The molecule has 0 aromatic heterocycles. The molecule has 0 aliphatic carbocycles. The SMILES string of the molecule is CCOC(=O)CCCN1CCOC(CNC(=O)c2cc(Cl)c(N)cc2OC)C1.Cl. The average molecular weight is 450 g/mol. The number of ether oxygens (including phenoxy) is 3. The van der Waals surface area contributed by atoms with E-state index in [2.05, 4.69) is 10.2 Å². The monoisotopic (exact) mass is 449 g/mol. The molecule has 1 unspecified atom stereocenters. The van der Waals surface area contributed by atoms with Crippen LogP contribution in [0.2, 0.25) is 5.02 Å². The number of hydrogen-bond acceptors (Lipinski definition) is 7. The van der Waals surface area contributed by atoms with Crippen LogP contribution in [-0.4, -0.2) is 69.4 Å². The van der Waals surface area contributed by atoms with Gasteiger partial charge in [0.25, 0.3) is 5.91 Å². The molecule has 1 heterocycles. The minimum Gasteiger partial charge on any atom is -0.496 e. The molecule has 3 N–H and O–H groups in total. The van der Waals surface area contributed by atoms with Crippen LogP contribution in [0.4, 0.5) is 5.69 Å². The topological polar surface area (TPSA) is 103 Å². The van der Waals surface area contributed by atoms with E-state index in [9.17, 15) is 9.59 Å². The van der Waals surface area contributed by atoms with Crippen LogP contribution >= 0.6 is 24.0 Å². The van der Waals surface area contributed by atoms with E-state index >= 15 is 0 Å². The number of carbonyl (C=O) groups excluding carboxylic acids is 2. The van der Waals surface area contributed by atoms with Crippen LogP contribution in [0, 0.1) is 0 Å². The molecule has 1 aliphatic heterocycles. The summed E-state index contributed by atoms with van der Waals surface area (Å²) in [5.41, 5.74) is 6.42. The molecule has 1 aliphatic rings. The van der Waals surface area contributed by atoms with Crippen molar-refractivity contribution >= 4 is 41.6 Å². The standard InChI is InChI=1S/C19H28ClN3O5.ClH/c1-3-27-18(24)5-4-6-23-7-8-28-13(12-23)11-22-19(25)14-9-15(20)16(21)10-17(14)26-2;/h9-10,13H,3-8,11-12,21H2,1-2H3,(H,22,25);1H. The van der Waals surface area contributed by atoms with Crippen molar-refractivity contribution in [1.82, 2.24) is 10.2 Å². The number of nitrogens with two attached hydrogens (primary N) is 1. The van der Waals surface area contributed by atoms with E-state index in [1.165, 1.54) is 19.2 Å². The molecule has 1 aromatic carbocycles. The maximum absolute atomic E-state index is 12.5. The molecule has 29 heavy (non-hydrogen) atoms. The lowest BCUT2D eigenvalue weighted by molar-refractivity contribution is -0.143. The third kappa shape index (κ3) is 7.89. The minimum absolute atomic E-state index is 0. The first-order valence-corrected chi connectivity index (χ1v) is 9.73. The zero-order chi connectivity index (χ0) is 20.5. The molecule has 0 spiro atoms. The summed E-state index contributed by atoms with van der Waals surface area (Å²) in [7, 11) is 1.47. The van der Waals surface area contributed by atoms with Gasteiger partial charge in [0.15, 0.2) is 0 Å². The van der Waals surface area contributed by atoms with Crippen molar-refractivity contribution in [2.24, 2.45) is 0 Å². The fourth-order valence-electron chi connectivity index (χ4n) is 3.00.